The predicted molar refractivity (Wildman–Crippen MR) is 89.4 cm³/mol. The van der Waals surface area contributed by atoms with E-state index in [0.29, 0.717) is 6.61 Å². The standard InChI is InChI=1S/C17H20FN3O/c1-19-15-7-5-12-13-10-11(18)4-6-14(13)20-16(12)17(15)22-9-8-21(2)3/h4-7,10,19-20H,8-9H2,1-3H3. The number of anilines is 1. The maximum absolute atomic E-state index is 13.5. The van der Waals surface area contributed by atoms with Gasteiger partial charge in [0.1, 0.15) is 12.4 Å². The van der Waals surface area contributed by atoms with Crippen LogP contribution in [-0.4, -0.2) is 44.2 Å². The lowest BCUT2D eigenvalue weighted by Gasteiger charge is -2.14. The van der Waals surface area contributed by atoms with Crippen molar-refractivity contribution in [3.8, 4) is 5.75 Å². The number of likely N-dealkylation sites (N-methyl/N-ethyl adjacent to an activating group) is 1. The summed E-state index contributed by atoms with van der Waals surface area (Å²) in [4.78, 5) is 5.41. The molecule has 3 rings (SSSR count). The van der Waals surface area contributed by atoms with Crippen LogP contribution in [-0.2, 0) is 0 Å². The maximum Gasteiger partial charge on any atom is 0.166 e. The Bertz CT molecular complexity index is 810. The highest BCUT2D eigenvalue weighted by Crippen LogP contribution is 2.37. The first-order valence-electron chi connectivity index (χ1n) is 7.29. The molecule has 116 valence electrons. The zero-order valence-corrected chi connectivity index (χ0v) is 13.0. The topological polar surface area (TPSA) is 40.3 Å². The number of hydrogen-bond acceptors (Lipinski definition) is 3. The lowest BCUT2D eigenvalue weighted by Crippen LogP contribution is -2.19. The van der Waals surface area contributed by atoms with Gasteiger partial charge in [0.25, 0.3) is 0 Å². The second-order valence-electron chi connectivity index (χ2n) is 5.58. The molecule has 0 aliphatic rings. The molecule has 0 bridgehead atoms. The van der Waals surface area contributed by atoms with Crippen molar-refractivity contribution in [2.75, 3.05) is 39.6 Å². The molecule has 1 aromatic heterocycles. The van der Waals surface area contributed by atoms with E-state index in [1.54, 1.807) is 12.1 Å². The number of aromatic nitrogens is 1. The van der Waals surface area contributed by atoms with E-state index in [4.69, 9.17) is 4.74 Å². The zero-order valence-electron chi connectivity index (χ0n) is 13.0. The zero-order chi connectivity index (χ0) is 15.7. The largest absolute Gasteiger partial charge is 0.488 e. The Labute approximate surface area is 128 Å². The van der Waals surface area contributed by atoms with Crippen LogP contribution >= 0.6 is 0 Å². The minimum Gasteiger partial charge on any atom is -0.488 e. The Morgan fingerprint density at radius 1 is 1.18 bits per heavy atom. The fraction of sp³-hybridized carbons (Fsp3) is 0.294. The van der Waals surface area contributed by atoms with Gasteiger partial charge in [0.2, 0.25) is 0 Å². The minimum atomic E-state index is -0.235. The number of benzene rings is 2. The molecule has 5 heteroatoms. The van der Waals surface area contributed by atoms with Crippen molar-refractivity contribution in [3.63, 3.8) is 0 Å². The van der Waals surface area contributed by atoms with Gasteiger partial charge in [0.05, 0.1) is 11.2 Å². The molecule has 0 saturated carbocycles. The van der Waals surface area contributed by atoms with Gasteiger partial charge in [-0.1, -0.05) is 0 Å². The van der Waals surface area contributed by atoms with Crippen molar-refractivity contribution in [1.29, 1.82) is 0 Å². The average Bonchev–Trinajstić information content (AvgIpc) is 2.85. The number of hydrogen-bond donors (Lipinski definition) is 2. The van der Waals surface area contributed by atoms with Gasteiger partial charge in [0.15, 0.2) is 5.75 Å². The van der Waals surface area contributed by atoms with Crippen molar-refractivity contribution in [3.05, 3.63) is 36.1 Å². The van der Waals surface area contributed by atoms with Gasteiger partial charge in [-0.25, -0.2) is 4.39 Å². The van der Waals surface area contributed by atoms with Gasteiger partial charge >= 0.3 is 0 Å². The predicted octanol–water partition coefficient (Wildman–Crippen LogP) is 3.44. The monoisotopic (exact) mass is 301 g/mol. The van der Waals surface area contributed by atoms with E-state index in [1.807, 2.05) is 33.3 Å². The van der Waals surface area contributed by atoms with Crippen molar-refractivity contribution in [1.82, 2.24) is 9.88 Å². The highest BCUT2D eigenvalue weighted by molar-refractivity contribution is 6.10. The summed E-state index contributed by atoms with van der Waals surface area (Å²) in [6.45, 7) is 1.42. The lowest BCUT2D eigenvalue weighted by atomic mass is 10.1. The van der Waals surface area contributed by atoms with Crippen LogP contribution in [0, 0.1) is 5.82 Å². The van der Waals surface area contributed by atoms with E-state index in [0.717, 1.165) is 39.8 Å². The molecule has 22 heavy (non-hydrogen) atoms. The molecule has 0 saturated heterocycles. The van der Waals surface area contributed by atoms with Gasteiger partial charge in [-0.15, -0.1) is 0 Å². The Morgan fingerprint density at radius 3 is 2.73 bits per heavy atom. The number of H-pyrrole nitrogens is 1. The minimum absolute atomic E-state index is 0.235. The van der Waals surface area contributed by atoms with Crippen molar-refractivity contribution >= 4 is 27.5 Å². The second-order valence-corrected chi connectivity index (χ2v) is 5.58. The van der Waals surface area contributed by atoms with E-state index in [9.17, 15) is 4.39 Å². The quantitative estimate of drug-likeness (QED) is 0.758. The van der Waals surface area contributed by atoms with Gasteiger partial charge < -0.3 is 19.9 Å². The van der Waals surface area contributed by atoms with Crippen LogP contribution in [0.15, 0.2) is 30.3 Å². The highest BCUT2D eigenvalue weighted by Gasteiger charge is 2.13. The molecule has 0 atom stereocenters. The van der Waals surface area contributed by atoms with Crippen LogP contribution in [0.1, 0.15) is 0 Å². The highest BCUT2D eigenvalue weighted by atomic mass is 19.1. The number of aromatic amines is 1. The van der Waals surface area contributed by atoms with E-state index in [1.165, 1.54) is 6.07 Å². The van der Waals surface area contributed by atoms with E-state index >= 15 is 0 Å². The van der Waals surface area contributed by atoms with E-state index in [2.05, 4.69) is 15.2 Å². The number of ether oxygens (including phenoxy) is 1. The summed E-state index contributed by atoms with van der Waals surface area (Å²) in [7, 11) is 5.88. The van der Waals surface area contributed by atoms with Crippen LogP contribution < -0.4 is 10.1 Å². The molecular formula is C17H20FN3O. The fourth-order valence-corrected chi connectivity index (χ4v) is 2.59. The number of fused-ring (bicyclic) bond motifs is 3. The van der Waals surface area contributed by atoms with Crippen molar-refractivity contribution in [2.45, 2.75) is 0 Å². The summed E-state index contributed by atoms with van der Waals surface area (Å²) >= 11 is 0. The van der Waals surface area contributed by atoms with Gasteiger partial charge in [-0.3, -0.25) is 0 Å². The molecule has 1 heterocycles. The van der Waals surface area contributed by atoms with Gasteiger partial charge in [-0.05, 0) is 44.4 Å². The lowest BCUT2D eigenvalue weighted by molar-refractivity contribution is 0.264. The second kappa shape index (κ2) is 5.85. The normalized spacial score (nSPS) is 11.5. The summed E-state index contributed by atoms with van der Waals surface area (Å²) in [5.74, 6) is 0.541. The summed E-state index contributed by atoms with van der Waals surface area (Å²) < 4.78 is 19.5. The fourth-order valence-electron chi connectivity index (χ4n) is 2.59. The van der Waals surface area contributed by atoms with Crippen LogP contribution in [0.5, 0.6) is 5.75 Å². The molecule has 0 fully saturated rings. The summed E-state index contributed by atoms with van der Waals surface area (Å²) in [6, 6.07) is 8.72. The van der Waals surface area contributed by atoms with Crippen LogP contribution in [0.2, 0.25) is 0 Å². The van der Waals surface area contributed by atoms with Crippen LogP contribution in [0.4, 0.5) is 10.1 Å². The summed E-state index contributed by atoms with van der Waals surface area (Å²) in [5.41, 5.74) is 2.71. The molecular weight excluding hydrogens is 281 g/mol. The van der Waals surface area contributed by atoms with E-state index < -0.39 is 0 Å². The number of nitrogens with zero attached hydrogens (tertiary/aromatic N) is 1. The number of rotatable bonds is 5. The molecule has 0 spiro atoms. The molecule has 2 aromatic carbocycles. The van der Waals surface area contributed by atoms with Crippen molar-refractivity contribution in [2.24, 2.45) is 0 Å². The first-order chi connectivity index (χ1) is 10.6. The molecule has 0 unspecified atom stereocenters. The summed E-state index contributed by atoms with van der Waals surface area (Å²) in [5, 5.41) is 4.99. The molecule has 0 amide bonds. The van der Waals surface area contributed by atoms with Crippen LogP contribution in [0.25, 0.3) is 21.8 Å². The molecule has 0 aliphatic carbocycles. The molecule has 2 N–H and O–H groups in total. The number of halogens is 1. The first kappa shape index (κ1) is 14.7. The van der Waals surface area contributed by atoms with Crippen molar-refractivity contribution < 1.29 is 9.13 Å². The van der Waals surface area contributed by atoms with Crippen LogP contribution in [0.3, 0.4) is 0 Å². The third-order valence-corrected chi connectivity index (χ3v) is 3.74. The van der Waals surface area contributed by atoms with Gasteiger partial charge in [-0.2, -0.15) is 0 Å². The number of nitrogens with one attached hydrogen (secondary N) is 2. The Kier molecular flexibility index (Phi) is 3.90. The Morgan fingerprint density at radius 2 is 2.00 bits per heavy atom. The average molecular weight is 301 g/mol. The Hall–Kier alpha value is -2.27. The molecule has 3 aromatic rings. The molecule has 0 radical (unpaired) electrons. The smallest absolute Gasteiger partial charge is 0.166 e. The Balaban J connectivity index is 2.12. The molecule has 4 nitrogen and oxygen atoms in total. The first-order valence-corrected chi connectivity index (χ1v) is 7.29. The SMILES string of the molecule is CNc1ccc2c([nH]c3ccc(F)cc32)c1OCCN(C)C. The molecule has 0 aliphatic heterocycles. The summed E-state index contributed by atoms with van der Waals surface area (Å²) in [6.07, 6.45) is 0. The third-order valence-electron chi connectivity index (χ3n) is 3.74. The third kappa shape index (κ3) is 2.60. The maximum atomic E-state index is 13.5. The van der Waals surface area contributed by atoms with Gasteiger partial charge in [0, 0.05) is 29.9 Å². The van der Waals surface area contributed by atoms with E-state index in [-0.39, 0.29) is 5.82 Å².